The Balaban J connectivity index is 2.31. The summed E-state index contributed by atoms with van der Waals surface area (Å²) in [6.07, 6.45) is 0.849. The van der Waals surface area contributed by atoms with E-state index in [1.54, 1.807) is 0 Å². The molecule has 3 heteroatoms. The number of nitriles is 1. The Morgan fingerprint density at radius 3 is 2.93 bits per heavy atom. The van der Waals surface area contributed by atoms with Crippen LogP contribution in [0.4, 0.5) is 5.00 Å². The molecule has 0 spiro atoms. The summed E-state index contributed by atoms with van der Waals surface area (Å²) in [4.78, 5) is 1.18. The molecule has 0 aliphatic heterocycles. The fourth-order valence-electron chi connectivity index (χ4n) is 2.08. The lowest BCUT2D eigenvalue weighted by Crippen LogP contribution is -1.88. The van der Waals surface area contributed by atoms with Gasteiger partial charge in [-0.25, -0.2) is 0 Å². The van der Waals surface area contributed by atoms with E-state index in [1.807, 2.05) is 12.1 Å². The third-order valence-electron chi connectivity index (χ3n) is 2.78. The van der Waals surface area contributed by atoms with Gasteiger partial charge < -0.3 is 5.73 Å². The molecule has 1 aliphatic rings. The number of nitrogens with two attached hydrogens (primary N) is 1. The van der Waals surface area contributed by atoms with Crippen molar-refractivity contribution in [2.24, 2.45) is 0 Å². The van der Waals surface area contributed by atoms with Crippen LogP contribution in [-0.4, -0.2) is 0 Å². The average Bonchev–Trinajstić information content (AvgIpc) is 2.72. The largest absolute Gasteiger partial charge is 0.389 e. The Hall–Kier alpha value is -1.79. The normalized spacial score (nSPS) is 11.9. The lowest BCUT2D eigenvalue weighted by Gasteiger charge is -1.96. The van der Waals surface area contributed by atoms with E-state index in [0.29, 0.717) is 10.6 Å². The standard InChI is InChI=1S/C12H8N2S/c13-6-10-9-5-7-3-1-2-4-8(7)11(9)15-12(10)14/h1-4H,5,14H2. The number of thiophene rings is 1. The summed E-state index contributed by atoms with van der Waals surface area (Å²) in [7, 11) is 0. The van der Waals surface area contributed by atoms with Gasteiger partial charge in [0.1, 0.15) is 11.1 Å². The number of nitrogen functional groups attached to an aromatic ring is 1. The van der Waals surface area contributed by atoms with Crippen LogP contribution in [0.25, 0.3) is 10.4 Å². The molecule has 2 aromatic rings. The Bertz CT molecular complexity index is 590. The molecule has 0 amide bonds. The smallest absolute Gasteiger partial charge is 0.105 e. The monoisotopic (exact) mass is 212 g/mol. The molecular formula is C12H8N2S. The topological polar surface area (TPSA) is 49.8 Å². The van der Waals surface area contributed by atoms with Crippen molar-refractivity contribution in [2.45, 2.75) is 6.42 Å². The van der Waals surface area contributed by atoms with E-state index in [1.165, 1.54) is 27.3 Å². The van der Waals surface area contributed by atoms with Crippen molar-refractivity contribution in [3.63, 3.8) is 0 Å². The van der Waals surface area contributed by atoms with Gasteiger partial charge in [-0.05, 0) is 16.7 Å². The van der Waals surface area contributed by atoms with E-state index in [0.717, 1.165) is 12.0 Å². The van der Waals surface area contributed by atoms with Crippen molar-refractivity contribution in [1.82, 2.24) is 0 Å². The zero-order valence-electron chi connectivity index (χ0n) is 7.95. The van der Waals surface area contributed by atoms with Crippen LogP contribution in [0.5, 0.6) is 0 Å². The highest BCUT2D eigenvalue weighted by Crippen LogP contribution is 2.45. The molecule has 15 heavy (non-hydrogen) atoms. The molecule has 72 valence electrons. The third-order valence-corrected chi connectivity index (χ3v) is 3.87. The highest BCUT2D eigenvalue weighted by Gasteiger charge is 2.25. The molecule has 1 aromatic heterocycles. The van der Waals surface area contributed by atoms with Crippen LogP contribution >= 0.6 is 11.3 Å². The van der Waals surface area contributed by atoms with Crippen LogP contribution in [-0.2, 0) is 6.42 Å². The molecule has 0 fully saturated rings. The van der Waals surface area contributed by atoms with Gasteiger partial charge in [0.15, 0.2) is 0 Å². The van der Waals surface area contributed by atoms with Crippen molar-refractivity contribution in [3.8, 4) is 16.5 Å². The summed E-state index contributed by atoms with van der Waals surface area (Å²) >= 11 is 1.53. The SMILES string of the molecule is N#Cc1c(N)sc2c1Cc1ccccc1-2. The number of rotatable bonds is 0. The van der Waals surface area contributed by atoms with Gasteiger partial charge in [-0.2, -0.15) is 5.26 Å². The second kappa shape index (κ2) is 2.85. The number of hydrogen-bond acceptors (Lipinski definition) is 3. The maximum absolute atomic E-state index is 9.03. The lowest BCUT2D eigenvalue weighted by molar-refractivity contribution is 1.26. The minimum absolute atomic E-state index is 0.650. The van der Waals surface area contributed by atoms with Gasteiger partial charge in [-0.1, -0.05) is 24.3 Å². The van der Waals surface area contributed by atoms with E-state index >= 15 is 0 Å². The molecule has 1 aromatic carbocycles. The maximum Gasteiger partial charge on any atom is 0.105 e. The Morgan fingerprint density at radius 1 is 1.33 bits per heavy atom. The third kappa shape index (κ3) is 1.03. The van der Waals surface area contributed by atoms with Gasteiger partial charge in [0.25, 0.3) is 0 Å². The summed E-state index contributed by atoms with van der Waals surface area (Å²) in [6, 6.07) is 10.5. The second-order valence-corrected chi connectivity index (χ2v) is 4.65. The molecule has 0 saturated carbocycles. The van der Waals surface area contributed by atoms with Gasteiger partial charge in [0, 0.05) is 11.3 Å². The van der Waals surface area contributed by atoms with Crippen molar-refractivity contribution in [1.29, 1.82) is 5.26 Å². The molecular weight excluding hydrogens is 204 g/mol. The molecule has 3 rings (SSSR count). The Kier molecular flexibility index (Phi) is 1.62. The van der Waals surface area contributed by atoms with Crippen molar-refractivity contribution >= 4 is 16.3 Å². The van der Waals surface area contributed by atoms with E-state index in [4.69, 9.17) is 11.0 Å². The van der Waals surface area contributed by atoms with Crippen LogP contribution in [0.3, 0.4) is 0 Å². The van der Waals surface area contributed by atoms with E-state index in [9.17, 15) is 0 Å². The highest BCUT2D eigenvalue weighted by molar-refractivity contribution is 7.19. The van der Waals surface area contributed by atoms with Crippen LogP contribution in [0.1, 0.15) is 16.7 Å². The Morgan fingerprint density at radius 2 is 2.13 bits per heavy atom. The molecule has 2 N–H and O–H groups in total. The first kappa shape index (κ1) is 8.51. The van der Waals surface area contributed by atoms with E-state index in [2.05, 4.69) is 18.2 Å². The molecule has 0 unspecified atom stereocenters. The fourth-order valence-corrected chi connectivity index (χ4v) is 3.18. The number of fused-ring (bicyclic) bond motifs is 3. The maximum atomic E-state index is 9.03. The number of hydrogen-bond donors (Lipinski definition) is 1. The second-order valence-electron chi connectivity index (χ2n) is 3.59. The lowest BCUT2D eigenvalue weighted by atomic mass is 10.1. The summed E-state index contributed by atoms with van der Waals surface area (Å²) in [5.74, 6) is 0. The van der Waals surface area contributed by atoms with E-state index in [-0.39, 0.29) is 0 Å². The zero-order valence-corrected chi connectivity index (χ0v) is 8.77. The predicted molar refractivity (Wildman–Crippen MR) is 61.7 cm³/mol. The zero-order chi connectivity index (χ0) is 10.4. The van der Waals surface area contributed by atoms with Crippen LogP contribution < -0.4 is 5.73 Å². The molecule has 0 radical (unpaired) electrons. The van der Waals surface area contributed by atoms with Gasteiger partial charge >= 0.3 is 0 Å². The molecule has 1 aliphatic carbocycles. The quantitative estimate of drug-likeness (QED) is 0.623. The molecule has 0 atom stereocenters. The number of anilines is 1. The first-order chi connectivity index (χ1) is 7.31. The van der Waals surface area contributed by atoms with Crippen molar-refractivity contribution < 1.29 is 0 Å². The predicted octanol–water partition coefficient (Wildman–Crippen LogP) is 2.77. The summed E-state index contributed by atoms with van der Waals surface area (Å²) in [5.41, 5.74) is 10.1. The average molecular weight is 212 g/mol. The number of benzene rings is 1. The van der Waals surface area contributed by atoms with Crippen LogP contribution in [0, 0.1) is 11.3 Å². The number of nitrogens with zero attached hydrogens (tertiary/aromatic N) is 1. The summed E-state index contributed by atoms with van der Waals surface area (Å²) in [5, 5.41) is 9.68. The van der Waals surface area contributed by atoms with E-state index < -0.39 is 0 Å². The van der Waals surface area contributed by atoms with Gasteiger partial charge in [-0.3, -0.25) is 0 Å². The Labute approximate surface area is 91.6 Å². The molecule has 0 bridgehead atoms. The van der Waals surface area contributed by atoms with Crippen molar-refractivity contribution in [3.05, 3.63) is 41.0 Å². The molecule has 1 heterocycles. The van der Waals surface area contributed by atoms with Gasteiger partial charge in [-0.15, -0.1) is 11.3 Å². The minimum Gasteiger partial charge on any atom is -0.389 e. The first-order valence-corrected chi connectivity index (χ1v) is 5.52. The summed E-state index contributed by atoms with van der Waals surface area (Å²) < 4.78 is 0. The van der Waals surface area contributed by atoms with Crippen molar-refractivity contribution in [2.75, 3.05) is 5.73 Å². The molecule has 2 nitrogen and oxygen atoms in total. The molecule has 0 saturated heterocycles. The van der Waals surface area contributed by atoms with Crippen LogP contribution in [0.15, 0.2) is 24.3 Å². The highest BCUT2D eigenvalue weighted by atomic mass is 32.1. The first-order valence-electron chi connectivity index (χ1n) is 4.70. The van der Waals surface area contributed by atoms with Crippen LogP contribution in [0.2, 0.25) is 0 Å². The van der Waals surface area contributed by atoms with Gasteiger partial charge in [0.05, 0.1) is 5.56 Å². The minimum atomic E-state index is 0.650. The van der Waals surface area contributed by atoms with Gasteiger partial charge in [0.2, 0.25) is 0 Å². The summed E-state index contributed by atoms with van der Waals surface area (Å²) in [6.45, 7) is 0. The fraction of sp³-hybridized carbons (Fsp3) is 0.0833.